The molecule has 3 aromatic rings. The number of nitrogens with zero attached hydrogens (tertiary/aromatic N) is 4. The van der Waals surface area contributed by atoms with E-state index in [2.05, 4.69) is 5.16 Å². The highest BCUT2D eigenvalue weighted by Crippen LogP contribution is 2.26. The number of sulfonamides is 1. The van der Waals surface area contributed by atoms with Gasteiger partial charge in [0.25, 0.3) is 0 Å². The van der Waals surface area contributed by atoms with E-state index in [0.29, 0.717) is 23.3 Å². The molecule has 0 aliphatic heterocycles. The molecule has 2 aromatic heterocycles. The van der Waals surface area contributed by atoms with Crippen molar-refractivity contribution in [3.05, 3.63) is 55.9 Å². The molecule has 1 aliphatic carbocycles. The zero-order valence-electron chi connectivity index (χ0n) is 17.2. The van der Waals surface area contributed by atoms with Crippen LogP contribution >= 0.6 is 0 Å². The Balaban J connectivity index is 1.98. The molecular formula is C20H24N4O5S. The third kappa shape index (κ3) is 3.20. The van der Waals surface area contributed by atoms with E-state index in [9.17, 15) is 18.0 Å². The summed E-state index contributed by atoms with van der Waals surface area (Å²) in [5, 5.41) is 4.14. The van der Waals surface area contributed by atoms with Crippen LogP contribution < -0.4 is 11.1 Å². The Hall–Kier alpha value is -2.72. The number of hydrogen-bond donors (Lipinski definition) is 0. The second-order valence-electron chi connectivity index (χ2n) is 7.62. The Morgan fingerprint density at radius 2 is 1.77 bits per heavy atom. The summed E-state index contributed by atoms with van der Waals surface area (Å²) in [5.41, 5.74) is 1.11. The standard InChI is InChI=1S/C20H24N4O5S/c1-4-23-16-10-9-13(30(27,28)22(2)3)11-17(16)24(20(26)19(23)25)12-15-14-7-5-6-8-18(14)29-21-15/h9-11H,4-8,12H2,1-3H3. The maximum Gasteiger partial charge on any atom is 0.317 e. The minimum absolute atomic E-state index is 0.0524. The first-order chi connectivity index (χ1) is 14.3. The van der Waals surface area contributed by atoms with Gasteiger partial charge in [0.2, 0.25) is 10.0 Å². The first-order valence-corrected chi connectivity index (χ1v) is 11.4. The van der Waals surface area contributed by atoms with E-state index in [0.717, 1.165) is 41.3 Å². The maximum atomic E-state index is 13.0. The zero-order valence-corrected chi connectivity index (χ0v) is 18.0. The lowest BCUT2D eigenvalue weighted by Gasteiger charge is -2.17. The fraction of sp³-hybridized carbons (Fsp3) is 0.450. The first-order valence-electron chi connectivity index (χ1n) is 9.92. The summed E-state index contributed by atoms with van der Waals surface area (Å²) in [5.74, 6) is 0.825. The molecule has 0 fully saturated rings. The van der Waals surface area contributed by atoms with Crippen molar-refractivity contribution < 1.29 is 12.9 Å². The topological polar surface area (TPSA) is 107 Å². The highest BCUT2D eigenvalue weighted by atomic mass is 32.2. The molecule has 0 unspecified atom stereocenters. The Labute approximate surface area is 173 Å². The molecule has 160 valence electrons. The number of rotatable bonds is 5. The van der Waals surface area contributed by atoms with Gasteiger partial charge in [0, 0.05) is 32.6 Å². The minimum atomic E-state index is -3.71. The molecule has 0 saturated heterocycles. The second kappa shape index (κ2) is 7.51. The van der Waals surface area contributed by atoms with Gasteiger partial charge in [-0.1, -0.05) is 5.16 Å². The van der Waals surface area contributed by atoms with E-state index < -0.39 is 21.1 Å². The molecular weight excluding hydrogens is 408 g/mol. The Morgan fingerprint density at radius 1 is 1.07 bits per heavy atom. The Bertz CT molecular complexity index is 1350. The molecule has 0 N–H and O–H groups in total. The third-order valence-corrected chi connectivity index (χ3v) is 7.45. The van der Waals surface area contributed by atoms with Crippen LogP contribution in [0, 0.1) is 0 Å². The first kappa shape index (κ1) is 20.5. The summed E-state index contributed by atoms with van der Waals surface area (Å²) < 4.78 is 34.5. The molecule has 0 saturated carbocycles. The Morgan fingerprint density at radius 3 is 2.47 bits per heavy atom. The van der Waals surface area contributed by atoms with E-state index in [1.54, 1.807) is 13.0 Å². The lowest BCUT2D eigenvalue weighted by Crippen LogP contribution is -2.41. The average Bonchev–Trinajstić information content (AvgIpc) is 3.14. The van der Waals surface area contributed by atoms with Crippen molar-refractivity contribution in [2.45, 2.75) is 50.6 Å². The van der Waals surface area contributed by atoms with Gasteiger partial charge in [-0.15, -0.1) is 0 Å². The predicted molar refractivity (Wildman–Crippen MR) is 111 cm³/mol. The molecule has 0 atom stereocenters. The van der Waals surface area contributed by atoms with E-state index >= 15 is 0 Å². The van der Waals surface area contributed by atoms with Crippen LogP contribution in [0.25, 0.3) is 11.0 Å². The minimum Gasteiger partial charge on any atom is -0.361 e. The molecule has 4 rings (SSSR count). The van der Waals surface area contributed by atoms with Crippen molar-refractivity contribution in [1.29, 1.82) is 0 Å². The van der Waals surface area contributed by atoms with E-state index in [1.807, 2.05) is 0 Å². The highest BCUT2D eigenvalue weighted by molar-refractivity contribution is 7.89. The van der Waals surface area contributed by atoms with Gasteiger partial charge in [-0.05, 0) is 44.4 Å². The lowest BCUT2D eigenvalue weighted by molar-refractivity contribution is 0.367. The van der Waals surface area contributed by atoms with Crippen molar-refractivity contribution in [1.82, 2.24) is 18.6 Å². The Kier molecular flexibility index (Phi) is 5.15. The van der Waals surface area contributed by atoms with Crippen LogP contribution in [-0.4, -0.2) is 41.1 Å². The SMILES string of the molecule is CCn1c(=O)c(=O)n(Cc2noc3c2CCCC3)c2cc(S(=O)(=O)N(C)C)ccc21. The van der Waals surface area contributed by atoms with Crippen LogP contribution in [-0.2, 0) is 36.0 Å². The quantitative estimate of drug-likeness (QED) is 0.563. The fourth-order valence-corrected chi connectivity index (χ4v) is 4.88. The van der Waals surface area contributed by atoms with Gasteiger partial charge in [0.1, 0.15) is 11.5 Å². The van der Waals surface area contributed by atoms with Gasteiger partial charge >= 0.3 is 11.1 Å². The number of fused-ring (bicyclic) bond motifs is 2. The van der Waals surface area contributed by atoms with Crippen LogP contribution in [0.4, 0.5) is 0 Å². The van der Waals surface area contributed by atoms with E-state index in [1.165, 1.54) is 35.4 Å². The maximum absolute atomic E-state index is 13.0. The lowest BCUT2D eigenvalue weighted by atomic mass is 9.96. The van der Waals surface area contributed by atoms with Gasteiger partial charge < -0.3 is 9.09 Å². The summed E-state index contributed by atoms with van der Waals surface area (Å²) in [7, 11) is -0.816. The molecule has 9 nitrogen and oxygen atoms in total. The van der Waals surface area contributed by atoms with Crippen molar-refractivity contribution >= 4 is 21.1 Å². The summed E-state index contributed by atoms with van der Waals surface area (Å²) in [4.78, 5) is 25.7. The molecule has 1 aromatic carbocycles. The summed E-state index contributed by atoms with van der Waals surface area (Å²) >= 11 is 0. The molecule has 1 aliphatic rings. The van der Waals surface area contributed by atoms with E-state index in [-0.39, 0.29) is 11.4 Å². The summed E-state index contributed by atoms with van der Waals surface area (Å²) in [6.07, 6.45) is 3.66. The monoisotopic (exact) mass is 432 g/mol. The summed E-state index contributed by atoms with van der Waals surface area (Å²) in [6, 6.07) is 4.48. The van der Waals surface area contributed by atoms with Crippen molar-refractivity contribution in [3.8, 4) is 0 Å². The number of aryl methyl sites for hydroxylation is 2. The highest BCUT2D eigenvalue weighted by Gasteiger charge is 2.23. The van der Waals surface area contributed by atoms with Crippen LogP contribution in [0.1, 0.15) is 36.8 Å². The van der Waals surface area contributed by atoms with Crippen LogP contribution in [0.2, 0.25) is 0 Å². The molecule has 10 heteroatoms. The van der Waals surface area contributed by atoms with Crippen LogP contribution in [0.5, 0.6) is 0 Å². The van der Waals surface area contributed by atoms with E-state index in [4.69, 9.17) is 4.52 Å². The molecule has 30 heavy (non-hydrogen) atoms. The van der Waals surface area contributed by atoms with Gasteiger partial charge in [0.05, 0.1) is 22.5 Å². The van der Waals surface area contributed by atoms with Gasteiger partial charge in [-0.3, -0.25) is 14.2 Å². The van der Waals surface area contributed by atoms with Crippen molar-refractivity contribution in [2.75, 3.05) is 14.1 Å². The fourth-order valence-electron chi connectivity index (χ4n) is 3.96. The predicted octanol–water partition coefficient (Wildman–Crippen LogP) is 1.35. The normalized spacial score (nSPS) is 14.4. The zero-order chi connectivity index (χ0) is 21.6. The van der Waals surface area contributed by atoms with Crippen molar-refractivity contribution in [2.24, 2.45) is 0 Å². The summed E-state index contributed by atoms with van der Waals surface area (Å²) in [6.45, 7) is 2.12. The third-order valence-electron chi connectivity index (χ3n) is 5.64. The van der Waals surface area contributed by atoms with Crippen LogP contribution in [0.15, 0.2) is 37.2 Å². The molecule has 0 spiro atoms. The molecule has 0 amide bonds. The van der Waals surface area contributed by atoms with Crippen molar-refractivity contribution in [3.63, 3.8) is 0 Å². The average molecular weight is 433 g/mol. The van der Waals surface area contributed by atoms with Crippen LogP contribution in [0.3, 0.4) is 0 Å². The molecule has 0 radical (unpaired) electrons. The van der Waals surface area contributed by atoms with Gasteiger partial charge in [0.15, 0.2) is 0 Å². The molecule has 0 bridgehead atoms. The smallest absolute Gasteiger partial charge is 0.317 e. The second-order valence-corrected chi connectivity index (χ2v) is 9.77. The van der Waals surface area contributed by atoms with Gasteiger partial charge in [-0.25, -0.2) is 12.7 Å². The van der Waals surface area contributed by atoms with Gasteiger partial charge in [-0.2, -0.15) is 0 Å². The molecule has 2 heterocycles. The largest absolute Gasteiger partial charge is 0.361 e. The number of aromatic nitrogens is 3. The number of hydrogen-bond acceptors (Lipinski definition) is 6. The number of benzene rings is 1.